The monoisotopic (exact) mass is 507 g/mol. The molecule has 0 bridgehead atoms. The summed E-state index contributed by atoms with van der Waals surface area (Å²) in [6, 6.07) is 12.8. The Morgan fingerprint density at radius 1 is 1.03 bits per heavy atom. The van der Waals surface area contributed by atoms with E-state index in [0.29, 0.717) is 27.2 Å². The Labute approximate surface area is 215 Å². The van der Waals surface area contributed by atoms with Crippen LogP contribution < -0.4 is 10.3 Å². The predicted octanol–water partition coefficient (Wildman–Crippen LogP) is 6.36. The maximum absolute atomic E-state index is 13.4. The van der Waals surface area contributed by atoms with Gasteiger partial charge < -0.3 is 4.74 Å². The number of rotatable bonds is 10. The standard InChI is InChI=1S/C27H29N3O3S2/c1-3-4-5-6-7-9-17-30-26(32)22(35-27(30)34)18-21-24(33-20-14-12-19(2)13-15-20)28-23-11-8-10-16-29(23)25(21)31/h8,10-16,18H,3-7,9,17H2,1-2H3. The number of hydrogen-bond donors (Lipinski definition) is 0. The molecule has 1 aliphatic rings. The van der Waals surface area contributed by atoms with Gasteiger partial charge in [0.25, 0.3) is 11.5 Å². The van der Waals surface area contributed by atoms with Crippen molar-refractivity contribution in [3.8, 4) is 11.6 Å². The molecule has 2 aromatic heterocycles. The van der Waals surface area contributed by atoms with Crippen LogP contribution in [0.4, 0.5) is 0 Å². The predicted molar refractivity (Wildman–Crippen MR) is 146 cm³/mol. The van der Waals surface area contributed by atoms with E-state index in [2.05, 4.69) is 11.9 Å². The molecule has 182 valence electrons. The van der Waals surface area contributed by atoms with Gasteiger partial charge in [-0.2, -0.15) is 4.98 Å². The van der Waals surface area contributed by atoms with E-state index >= 15 is 0 Å². The molecule has 3 heterocycles. The maximum Gasteiger partial charge on any atom is 0.269 e. The zero-order valence-electron chi connectivity index (χ0n) is 20.0. The smallest absolute Gasteiger partial charge is 0.269 e. The summed E-state index contributed by atoms with van der Waals surface area (Å²) in [5.74, 6) is 0.548. The fourth-order valence-electron chi connectivity index (χ4n) is 3.88. The van der Waals surface area contributed by atoms with Crippen molar-refractivity contribution in [1.29, 1.82) is 0 Å². The molecular weight excluding hydrogens is 478 g/mol. The number of amides is 1. The van der Waals surface area contributed by atoms with Gasteiger partial charge in [0.2, 0.25) is 5.88 Å². The molecule has 35 heavy (non-hydrogen) atoms. The number of thioether (sulfide) groups is 1. The van der Waals surface area contributed by atoms with Gasteiger partial charge in [0.05, 0.1) is 4.91 Å². The van der Waals surface area contributed by atoms with Crippen molar-refractivity contribution in [2.24, 2.45) is 0 Å². The summed E-state index contributed by atoms with van der Waals surface area (Å²) in [7, 11) is 0. The van der Waals surface area contributed by atoms with Gasteiger partial charge in [-0.3, -0.25) is 18.9 Å². The zero-order chi connectivity index (χ0) is 24.8. The third-order valence-corrected chi connectivity index (χ3v) is 7.23. The topological polar surface area (TPSA) is 63.9 Å². The quantitative estimate of drug-likeness (QED) is 0.181. The number of aryl methyl sites for hydroxylation is 1. The number of aromatic nitrogens is 2. The number of carbonyl (C=O) groups is 1. The van der Waals surface area contributed by atoms with Gasteiger partial charge in [-0.05, 0) is 43.7 Å². The molecule has 0 atom stereocenters. The molecule has 1 aromatic carbocycles. The lowest BCUT2D eigenvalue weighted by Crippen LogP contribution is -2.29. The van der Waals surface area contributed by atoms with Crippen LogP contribution in [-0.2, 0) is 4.79 Å². The number of hydrogen-bond acceptors (Lipinski definition) is 6. The van der Waals surface area contributed by atoms with Crippen molar-refractivity contribution in [1.82, 2.24) is 14.3 Å². The average molecular weight is 508 g/mol. The second-order valence-electron chi connectivity index (χ2n) is 8.58. The number of ether oxygens (including phenoxy) is 1. The number of fused-ring (bicyclic) bond motifs is 1. The number of unbranched alkanes of at least 4 members (excludes halogenated alkanes) is 5. The molecule has 1 aliphatic heterocycles. The van der Waals surface area contributed by atoms with Gasteiger partial charge in [-0.25, -0.2) is 0 Å². The molecule has 1 fully saturated rings. The van der Waals surface area contributed by atoms with Crippen LogP contribution in [0.2, 0.25) is 0 Å². The SMILES string of the molecule is CCCCCCCCN1C(=O)C(=Cc2c(Oc3ccc(C)cc3)nc3ccccn3c2=O)SC1=S. The summed E-state index contributed by atoms with van der Waals surface area (Å²) in [6.07, 6.45) is 10.0. The van der Waals surface area contributed by atoms with E-state index in [1.165, 1.54) is 35.4 Å². The fraction of sp³-hybridized carbons (Fsp3) is 0.333. The lowest BCUT2D eigenvalue weighted by atomic mass is 10.1. The molecule has 0 aliphatic carbocycles. The summed E-state index contributed by atoms with van der Waals surface area (Å²) in [6.45, 7) is 4.78. The Hall–Kier alpha value is -2.97. The van der Waals surface area contributed by atoms with Crippen LogP contribution in [0.1, 0.15) is 56.6 Å². The van der Waals surface area contributed by atoms with Gasteiger partial charge in [0.15, 0.2) is 0 Å². The van der Waals surface area contributed by atoms with Gasteiger partial charge >= 0.3 is 0 Å². The summed E-state index contributed by atoms with van der Waals surface area (Å²) in [4.78, 5) is 33.1. The lowest BCUT2D eigenvalue weighted by molar-refractivity contribution is -0.122. The van der Waals surface area contributed by atoms with E-state index in [-0.39, 0.29) is 22.9 Å². The second-order valence-corrected chi connectivity index (χ2v) is 10.3. The first-order chi connectivity index (χ1) is 17.0. The van der Waals surface area contributed by atoms with Crippen LogP contribution in [-0.4, -0.2) is 31.1 Å². The Morgan fingerprint density at radius 3 is 2.54 bits per heavy atom. The van der Waals surface area contributed by atoms with Gasteiger partial charge in [0.1, 0.15) is 21.3 Å². The minimum Gasteiger partial charge on any atom is -0.438 e. The molecular formula is C27H29N3O3S2. The minimum absolute atomic E-state index is 0.159. The lowest BCUT2D eigenvalue weighted by Gasteiger charge is -2.14. The first-order valence-corrected chi connectivity index (χ1v) is 13.2. The van der Waals surface area contributed by atoms with E-state index < -0.39 is 0 Å². The Morgan fingerprint density at radius 2 is 1.77 bits per heavy atom. The highest BCUT2D eigenvalue weighted by molar-refractivity contribution is 8.26. The molecule has 0 N–H and O–H groups in total. The van der Waals surface area contributed by atoms with Crippen LogP contribution in [0.3, 0.4) is 0 Å². The second kappa shape index (κ2) is 11.6. The van der Waals surface area contributed by atoms with E-state index in [0.717, 1.165) is 24.8 Å². The largest absolute Gasteiger partial charge is 0.438 e. The molecule has 1 amide bonds. The van der Waals surface area contributed by atoms with Gasteiger partial charge in [-0.15, -0.1) is 0 Å². The Kier molecular flexibility index (Phi) is 8.36. The van der Waals surface area contributed by atoms with E-state index in [1.54, 1.807) is 29.3 Å². The van der Waals surface area contributed by atoms with Crippen LogP contribution in [0, 0.1) is 6.92 Å². The summed E-state index contributed by atoms with van der Waals surface area (Å²) < 4.78 is 8.00. The molecule has 0 radical (unpaired) electrons. The molecule has 3 aromatic rings. The van der Waals surface area contributed by atoms with Crippen molar-refractivity contribution in [2.45, 2.75) is 52.4 Å². The summed E-state index contributed by atoms with van der Waals surface area (Å²) >= 11 is 6.70. The Bertz CT molecular complexity index is 1320. The summed E-state index contributed by atoms with van der Waals surface area (Å²) in [5.41, 5.74) is 1.47. The van der Waals surface area contributed by atoms with Crippen LogP contribution in [0.25, 0.3) is 11.7 Å². The van der Waals surface area contributed by atoms with Crippen LogP contribution in [0.15, 0.2) is 58.4 Å². The zero-order valence-corrected chi connectivity index (χ0v) is 21.7. The molecule has 4 rings (SSSR count). The number of pyridine rings is 1. The molecule has 1 saturated heterocycles. The highest BCUT2D eigenvalue weighted by atomic mass is 32.2. The minimum atomic E-state index is -0.307. The first kappa shape index (κ1) is 25.1. The first-order valence-electron chi connectivity index (χ1n) is 12.0. The van der Waals surface area contributed by atoms with Gasteiger partial charge in [-0.1, -0.05) is 86.8 Å². The van der Waals surface area contributed by atoms with Crippen LogP contribution >= 0.6 is 24.0 Å². The van der Waals surface area contributed by atoms with E-state index in [4.69, 9.17) is 17.0 Å². The highest BCUT2D eigenvalue weighted by Gasteiger charge is 2.32. The van der Waals surface area contributed by atoms with E-state index in [9.17, 15) is 9.59 Å². The molecule has 0 unspecified atom stereocenters. The maximum atomic E-state index is 13.4. The number of thiocarbonyl (C=S) groups is 1. The fourth-order valence-corrected chi connectivity index (χ4v) is 5.17. The van der Waals surface area contributed by atoms with Crippen molar-refractivity contribution in [3.63, 3.8) is 0 Å². The molecule has 8 heteroatoms. The van der Waals surface area contributed by atoms with E-state index in [1.807, 2.05) is 37.3 Å². The molecule has 6 nitrogen and oxygen atoms in total. The number of carbonyl (C=O) groups excluding carboxylic acids is 1. The van der Waals surface area contributed by atoms with Crippen molar-refractivity contribution >= 4 is 45.9 Å². The van der Waals surface area contributed by atoms with Crippen LogP contribution in [0.5, 0.6) is 11.6 Å². The normalized spacial score (nSPS) is 14.9. The third-order valence-electron chi connectivity index (χ3n) is 5.85. The number of nitrogens with zero attached hydrogens (tertiary/aromatic N) is 3. The van der Waals surface area contributed by atoms with Gasteiger partial charge in [0, 0.05) is 12.7 Å². The van der Waals surface area contributed by atoms with Crippen molar-refractivity contribution in [3.05, 3.63) is 75.0 Å². The number of benzene rings is 1. The Balaban J connectivity index is 1.62. The molecule has 0 saturated carbocycles. The third kappa shape index (κ3) is 6.00. The average Bonchev–Trinajstić information content (AvgIpc) is 3.12. The highest BCUT2D eigenvalue weighted by Crippen LogP contribution is 2.34. The summed E-state index contributed by atoms with van der Waals surface area (Å²) in [5, 5.41) is 0. The molecule has 0 spiro atoms. The van der Waals surface area contributed by atoms with Crippen molar-refractivity contribution in [2.75, 3.05) is 6.54 Å². The van der Waals surface area contributed by atoms with Crippen molar-refractivity contribution < 1.29 is 9.53 Å².